The Labute approximate surface area is 123 Å². The summed E-state index contributed by atoms with van der Waals surface area (Å²) in [5.74, 6) is 0.267. The zero-order valence-electron chi connectivity index (χ0n) is 10.7. The van der Waals surface area contributed by atoms with Gasteiger partial charge < -0.3 is 20.1 Å². The first-order valence-electron chi connectivity index (χ1n) is 6.26. The zero-order chi connectivity index (χ0) is 15.1. The summed E-state index contributed by atoms with van der Waals surface area (Å²) < 4.78 is 7.11. The molecule has 0 aromatic carbocycles. The van der Waals surface area contributed by atoms with Crippen molar-refractivity contribution < 1.29 is 20.1 Å². The lowest BCUT2D eigenvalue weighted by molar-refractivity contribution is -0.0230. The Morgan fingerprint density at radius 3 is 2.86 bits per heavy atom. The third-order valence-electron chi connectivity index (χ3n) is 3.45. The van der Waals surface area contributed by atoms with E-state index >= 15 is 0 Å². The summed E-state index contributed by atoms with van der Waals surface area (Å²) in [5, 5.41) is 28.9. The van der Waals surface area contributed by atoms with E-state index in [9.17, 15) is 15.0 Å². The molecule has 2 aromatic rings. The Bertz CT molecular complexity index is 788. The van der Waals surface area contributed by atoms with Crippen LogP contribution in [0.25, 0.3) is 5.78 Å². The molecule has 3 heterocycles. The number of H-pyrrole nitrogens is 1. The Hall–Kier alpha value is -1.65. The third kappa shape index (κ3) is 2.39. The van der Waals surface area contributed by atoms with E-state index in [-0.39, 0.29) is 16.0 Å². The molecule has 0 aliphatic carbocycles. The first-order valence-corrected chi connectivity index (χ1v) is 6.67. The van der Waals surface area contributed by atoms with E-state index < -0.39 is 31.0 Å². The van der Waals surface area contributed by atoms with Gasteiger partial charge in [-0.2, -0.15) is 0 Å². The maximum absolute atomic E-state index is 11.2. The molecule has 4 atom stereocenters. The fourth-order valence-electron chi connectivity index (χ4n) is 2.34. The predicted molar refractivity (Wildman–Crippen MR) is 73.4 cm³/mol. The van der Waals surface area contributed by atoms with Crippen molar-refractivity contribution in [3.05, 3.63) is 39.0 Å². The molecule has 0 radical (unpaired) electrons. The van der Waals surface area contributed by atoms with Gasteiger partial charge in [-0.25, -0.2) is 4.98 Å². The first kappa shape index (κ1) is 14.3. The number of hydrogen-bond donors (Lipinski definition) is 4. The van der Waals surface area contributed by atoms with Crippen LogP contribution in [0, 0.1) is 4.64 Å². The highest BCUT2D eigenvalue weighted by Gasteiger charge is 2.43. The number of ether oxygens (including phenoxy) is 1. The van der Waals surface area contributed by atoms with Crippen LogP contribution in [0.5, 0.6) is 0 Å². The SMILES string of the molecule is O=c1ccn2cc(C3OC(CO)C(O)C3O)c(=S)nc2[nH]1. The summed E-state index contributed by atoms with van der Waals surface area (Å²) in [6.07, 6.45) is -1.12. The van der Waals surface area contributed by atoms with Gasteiger partial charge in [0.15, 0.2) is 0 Å². The normalized spacial score (nSPS) is 29.1. The van der Waals surface area contributed by atoms with Crippen molar-refractivity contribution in [3.63, 3.8) is 0 Å². The number of hydrogen-bond acceptors (Lipinski definition) is 7. The molecule has 0 amide bonds. The highest BCUT2D eigenvalue weighted by molar-refractivity contribution is 7.71. The van der Waals surface area contributed by atoms with Crippen LogP contribution in [-0.4, -0.2) is 54.6 Å². The molecule has 1 aliphatic rings. The lowest BCUT2D eigenvalue weighted by Gasteiger charge is -2.15. The monoisotopic (exact) mass is 311 g/mol. The molecule has 0 saturated carbocycles. The highest BCUT2D eigenvalue weighted by atomic mass is 32.1. The second-order valence-corrected chi connectivity index (χ2v) is 5.18. The molecular formula is C12H13N3O5S. The lowest BCUT2D eigenvalue weighted by Crippen LogP contribution is -2.32. The summed E-state index contributed by atoms with van der Waals surface area (Å²) in [4.78, 5) is 17.8. The molecule has 8 nitrogen and oxygen atoms in total. The number of fused-ring (bicyclic) bond motifs is 1. The van der Waals surface area contributed by atoms with Crippen molar-refractivity contribution in [1.29, 1.82) is 0 Å². The van der Waals surface area contributed by atoms with Crippen molar-refractivity contribution in [2.24, 2.45) is 0 Å². The molecule has 4 unspecified atom stereocenters. The summed E-state index contributed by atoms with van der Waals surface area (Å²) in [6, 6.07) is 1.32. The molecule has 9 heteroatoms. The molecule has 112 valence electrons. The molecule has 1 aliphatic heterocycles. The second kappa shape index (κ2) is 5.28. The number of aliphatic hydroxyl groups is 3. The van der Waals surface area contributed by atoms with E-state index in [1.165, 1.54) is 16.7 Å². The van der Waals surface area contributed by atoms with Crippen LogP contribution in [0.3, 0.4) is 0 Å². The molecule has 0 bridgehead atoms. The van der Waals surface area contributed by atoms with Crippen LogP contribution < -0.4 is 5.56 Å². The van der Waals surface area contributed by atoms with E-state index in [2.05, 4.69) is 9.97 Å². The van der Waals surface area contributed by atoms with Gasteiger partial charge in [0, 0.05) is 24.0 Å². The van der Waals surface area contributed by atoms with Gasteiger partial charge >= 0.3 is 0 Å². The largest absolute Gasteiger partial charge is 0.394 e. The van der Waals surface area contributed by atoms with E-state index in [4.69, 9.17) is 22.1 Å². The lowest BCUT2D eigenvalue weighted by atomic mass is 10.0. The summed E-state index contributed by atoms with van der Waals surface area (Å²) in [6.45, 7) is -0.414. The number of rotatable bonds is 2. The molecule has 21 heavy (non-hydrogen) atoms. The Morgan fingerprint density at radius 1 is 1.43 bits per heavy atom. The average Bonchev–Trinajstić information content (AvgIpc) is 2.74. The van der Waals surface area contributed by atoms with E-state index in [1.807, 2.05) is 0 Å². The Kier molecular flexibility index (Phi) is 3.59. The minimum atomic E-state index is -1.22. The maximum atomic E-state index is 11.2. The van der Waals surface area contributed by atoms with Gasteiger partial charge in [-0.3, -0.25) is 14.2 Å². The summed E-state index contributed by atoms with van der Waals surface area (Å²) in [5.41, 5.74) is 0.0922. The molecule has 1 fully saturated rings. The smallest absolute Gasteiger partial charge is 0.252 e. The van der Waals surface area contributed by atoms with Crippen molar-refractivity contribution in [2.45, 2.75) is 24.4 Å². The van der Waals surface area contributed by atoms with Crippen molar-refractivity contribution in [1.82, 2.24) is 14.4 Å². The van der Waals surface area contributed by atoms with Gasteiger partial charge in [-0.05, 0) is 0 Å². The average molecular weight is 311 g/mol. The molecular weight excluding hydrogens is 298 g/mol. The number of aromatic nitrogens is 3. The van der Waals surface area contributed by atoms with Crippen LogP contribution in [0.1, 0.15) is 11.7 Å². The zero-order valence-corrected chi connectivity index (χ0v) is 11.5. The molecule has 0 spiro atoms. The first-order chi connectivity index (χ1) is 10.0. The van der Waals surface area contributed by atoms with Gasteiger partial charge in [0.05, 0.1) is 6.61 Å². The third-order valence-corrected chi connectivity index (χ3v) is 3.77. The van der Waals surface area contributed by atoms with Gasteiger partial charge in [0.25, 0.3) is 5.56 Å². The summed E-state index contributed by atoms with van der Waals surface area (Å²) >= 11 is 5.14. The second-order valence-electron chi connectivity index (χ2n) is 4.80. The van der Waals surface area contributed by atoms with Crippen LogP contribution >= 0.6 is 12.2 Å². The standard InChI is InChI=1S/C12H13N3O5S/c16-4-6-8(18)9(19)10(20-6)5-3-15-2-1-7(17)13-12(15)14-11(5)21/h1-3,6,8-10,16,18-19H,4H2,(H,13,14,17,21). The topological polar surface area (TPSA) is 120 Å². The van der Waals surface area contributed by atoms with Crippen LogP contribution in [-0.2, 0) is 4.74 Å². The van der Waals surface area contributed by atoms with Crippen molar-refractivity contribution >= 4 is 18.0 Å². The van der Waals surface area contributed by atoms with E-state index in [0.717, 1.165) is 0 Å². The molecule has 1 saturated heterocycles. The maximum Gasteiger partial charge on any atom is 0.252 e. The fraction of sp³-hybridized carbons (Fsp3) is 0.417. The number of aliphatic hydroxyl groups excluding tert-OH is 3. The van der Waals surface area contributed by atoms with Gasteiger partial charge in [-0.1, -0.05) is 12.2 Å². The van der Waals surface area contributed by atoms with Gasteiger partial charge in [0.2, 0.25) is 5.78 Å². The molecule has 2 aromatic heterocycles. The van der Waals surface area contributed by atoms with Gasteiger partial charge in [0.1, 0.15) is 29.1 Å². The van der Waals surface area contributed by atoms with Crippen molar-refractivity contribution in [2.75, 3.05) is 6.61 Å². The number of aromatic amines is 1. The minimum Gasteiger partial charge on any atom is -0.394 e. The van der Waals surface area contributed by atoms with Crippen molar-refractivity contribution in [3.8, 4) is 0 Å². The molecule has 3 rings (SSSR count). The number of nitrogens with one attached hydrogen (secondary N) is 1. The highest BCUT2D eigenvalue weighted by Crippen LogP contribution is 2.33. The predicted octanol–water partition coefficient (Wildman–Crippen LogP) is -1.09. The quantitative estimate of drug-likeness (QED) is 0.520. The van der Waals surface area contributed by atoms with Gasteiger partial charge in [-0.15, -0.1) is 0 Å². The minimum absolute atomic E-state index is 0.145. The Balaban J connectivity index is 2.09. The van der Waals surface area contributed by atoms with E-state index in [0.29, 0.717) is 5.56 Å². The van der Waals surface area contributed by atoms with Crippen LogP contribution in [0.2, 0.25) is 0 Å². The van der Waals surface area contributed by atoms with Crippen LogP contribution in [0.15, 0.2) is 23.3 Å². The Morgan fingerprint density at radius 2 is 2.19 bits per heavy atom. The van der Waals surface area contributed by atoms with E-state index in [1.54, 1.807) is 6.20 Å². The summed E-state index contributed by atoms with van der Waals surface area (Å²) in [7, 11) is 0. The van der Waals surface area contributed by atoms with Crippen LogP contribution in [0.4, 0.5) is 0 Å². The molecule has 4 N–H and O–H groups in total. The number of nitrogens with zero attached hydrogens (tertiary/aromatic N) is 2. The fourth-order valence-corrected chi connectivity index (χ4v) is 2.60.